The topological polar surface area (TPSA) is 70.2 Å². The lowest BCUT2D eigenvalue weighted by atomic mass is 10.1. The number of halogens is 2. The smallest absolute Gasteiger partial charge is 0.373 e. The van der Waals surface area contributed by atoms with E-state index >= 15 is 0 Å². The van der Waals surface area contributed by atoms with E-state index in [2.05, 4.69) is 10.1 Å². The average molecular weight is 420 g/mol. The van der Waals surface area contributed by atoms with Crippen molar-refractivity contribution in [2.24, 2.45) is 7.05 Å². The number of aromatic nitrogens is 6. The van der Waals surface area contributed by atoms with Gasteiger partial charge < -0.3 is 4.74 Å². The largest absolute Gasteiger partial charge is 0.465 e. The van der Waals surface area contributed by atoms with Crippen molar-refractivity contribution in [2.75, 3.05) is 7.11 Å². The van der Waals surface area contributed by atoms with Crippen LogP contribution in [-0.4, -0.2) is 31.1 Å². The fourth-order valence-corrected chi connectivity index (χ4v) is 3.81. The number of hydrogen-bond donors (Lipinski definition) is 0. The van der Waals surface area contributed by atoms with Gasteiger partial charge in [0.05, 0.1) is 25.9 Å². The molecule has 1 aromatic carbocycles. The first kappa shape index (κ1) is 18.5. The molecule has 144 valence electrons. The molecule has 0 saturated carbocycles. The molecule has 0 saturated heterocycles. The van der Waals surface area contributed by atoms with Crippen molar-refractivity contribution >= 4 is 28.8 Å². The number of ether oxygens (including phenoxy) is 1. The van der Waals surface area contributed by atoms with Gasteiger partial charge in [0.15, 0.2) is 5.56 Å². The van der Waals surface area contributed by atoms with E-state index in [1.54, 1.807) is 45.5 Å². The van der Waals surface area contributed by atoms with E-state index in [0.717, 1.165) is 0 Å². The molecular weight excluding hydrogens is 403 g/mol. The van der Waals surface area contributed by atoms with Crippen molar-refractivity contribution in [1.82, 2.24) is 24.0 Å². The van der Waals surface area contributed by atoms with Crippen LogP contribution in [0.1, 0.15) is 0 Å². The maximum Gasteiger partial charge on any atom is 0.373 e. The predicted octanol–water partition coefficient (Wildman–Crippen LogP) is 2.20. The van der Waals surface area contributed by atoms with Gasteiger partial charge in [-0.25, -0.2) is 19.1 Å². The minimum Gasteiger partial charge on any atom is -0.465 e. The monoisotopic (exact) mass is 419 g/mol. The summed E-state index contributed by atoms with van der Waals surface area (Å²) in [5, 5.41) is 5.02. The maximum atomic E-state index is 13.3. The van der Waals surface area contributed by atoms with Gasteiger partial charge in [0.25, 0.3) is 5.88 Å². The summed E-state index contributed by atoms with van der Waals surface area (Å²) in [7, 11) is 3.34. The maximum absolute atomic E-state index is 13.3. The Balaban J connectivity index is 1.99. The third-order valence-corrected chi connectivity index (χ3v) is 4.91. The Morgan fingerprint density at radius 1 is 1.21 bits per heavy atom. The van der Waals surface area contributed by atoms with E-state index in [1.807, 2.05) is 16.8 Å². The molecule has 0 N–H and O–H groups in total. The van der Waals surface area contributed by atoms with Crippen LogP contribution in [0.4, 0.5) is 0 Å². The molecule has 28 heavy (non-hydrogen) atoms. The number of fused-ring (bicyclic) bond motifs is 1. The highest BCUT2D eigenvalue weighted by Crippen LogP contribution is 2.29. The first-order valence-corrected chi connectivity index (χ1v) is 9.22. The number of benzene rings is 1. The molecule has 0 aliphatic rings. The summed E-state index contributed by atoms with van der Waals surface area (Å²) in [5.41, 5.74) is 1.44. The molecule has 0 aliphatic heterocycles. The van der Waals surface area contributed by atoms with Crippen molar-refractivity contribution in [3.8, 4) is 17.0 Å². The van der Waals surface area contributed by atoms with E-state index in [9.17, 15) is 4.79 Å². The minimum absolute atomic E-state index is 0.227. The zero-order valence-electron chi connectivity index (χ0n) is 15.2. The number of hydrogen-bond acceptors (Lipinski definition) is 4. The van der Waals surface area contributed by atoms with Crippen molar-refractivity contribution in [2.45, 2.75) is 13.1 Å². The molecule has 0 atom stereocenters. The molecule has 3 aromatic heterocycles. The molecular formula is C18H17Cl2N6O2+. The van der Waals surface area contributed by atoms with Gasteiger partial charge in [-0.1, -0.05) is 27.7 Å². The summed E-state index contributed by atoms with van der Waals surface area (Å²) < 4.78 is 12.6. The predicted molar refractivity (Wildman–Crippen MR) is 105 cm³/mol. The summed E-state index contributed by atoms with van der Waals surface area (Å²) in [4.78, 5) is 17.3. The second-order valence-corrected chi connectivity index (χ2v) is 7.09. The van der Waals surface area contributed by atoms with Gasteiger partial charge in [0, 0.05) is 22.7 Å². The fourth-order valence-electron chi connectivity index (χ4n) is 3.29. The van der Waals surface area contributed by atoms with Crippen LogP contribution in [0.5, 0.6) is 5.88 Å². The molecule has 0 amide bonds. The second-order valence-electron chi connectivity index (χ2n) is 6.22. The summed E-state index contributed by atoms with van der Waals surface area (Å²) in [6, 6.07) is 6.88. The number of rotatable bonds is 5. The zero-order valence-corrected chi connectivity index (χ0v) is 16.7. The molecule has 0 unspecified atom stereocenters. The van der Waals surface area contributed by atoms with Gasteiger partial charge in [0.1, 0.15) is 19.2 Å². The van der Waals surface area contributed by atoms with Crippen molar-refractivity contribution in [3.05, 3.63) is 63.5 Å². The van der Waals surface area contributed by atoms with Gasteiger partial charge in [-0.15, -0.1) is 0 Å². The van der Waals surface area contributed by atoms with Gasteiger partial charge in [-0.3, -0.25) is 0 Å². The van der Waals surface area contributed by atoms with Crippen LogP contribution >= 0.6 is 23.2 Å². The van der Waals surface area contributed by atoms with Crippen molar-refractivity contribution < 1.29 is 9.30 Å². The third kappa shape index (κ3) is 3.14. The Kier molecular flexibility index (Phi) is 4.82. The molecule has 0 fully saturated rings. The Morgan fingerprint density at radius 2 is 1.96 bits per heavy atom. The lowest BCUT2D eigenvalue weighted by molar-refractivity contribution is -0.680. The number of methoxy groups -OCH3 is 1. The third-order valence-electron chi connectivity index (χ3n) is 4.48. The lowest BCUT2D eigenvalue weighted by Gasteiger charge is -2.12. The molecule has 0 aliphatic carbocycles. The minimum atomic E-state index is -0.227. The van der Waals surface area contributed by atoms with Crippen LogP contribution in [0.2, 0.25) is 10.0 Å². The van der Waals surface area contributed by atoms with E-state index in [-0.39, 0.29) is 5.56 Å². The first-order chi connectivity index (χ1) is 13.5. The fraction of sp³-hybridized carbons (Fsp3) is 0.222. The van der Waals surface area contributed by atoms with E-state index in [0.29, 0.717) is 45.8 Å². The Hall–Kier alpha value is -2.84. The van der Waals surface area contributed by atoms with Crippen LogP contribution < -0.4 is 14.9 Å². The van der Waals surface area contributed by atoms with Crippen LogP contribution in [0, 0.1) is 0 Å². The van der Waals surface area contributed by atoms with E-state index in [1.165, 1.54) is 13.4 Å². The molecule has 4 rings (SSSR count). The molecule has 4 aromatic rings. The molecule has 0 bridgehead atoms. The van der Waals surface area contributed by atoms with E-state index < -0.39 is 0 Å². The average Bonchev–Trinajstić information content (AvgIpc) is 3.29. The lowest BCUT2D eigenvalue weighted by Crippen LogP contribution is -2.44. The highest BCUT2D eigenvalue weighted by molar-refractivity contribution is 6.35. The summed E-state index contributed by atoms with van der Waals surface area (Å²) in [6.45, 7) is 1.07. The highest BCUT2D eigenvalue weighted by Gasteiger charge is 2.28. The van der Waals surface area contributed by atoms with Crippen LogP contribution in [-0.2, 0) is 20.1 Å². The molecule has 3 heterocycles. The van der Waals surface area contributed by atoms with Crippen LogP contribution in [0.3, 0.4) is 0 Å². The molecule has 0 radical (unpaired) electrons. The van der Waals surface area contributed by atoms with Crippen LogP contribution in [0.15, 0.2) is 47.9 Å². The molecule has 10 heteroatoms. The summed E-state index contributed by atoms with van der Waals surface area (Å²) in [6.07, 6.45) is 4.94. The van der Waals surface area contributed by atoms with Gasteiger partial charge in [0.2, 0.25) is 0 Å². The molecule has 8 nitrogen and oxygen atoms in total. The molecule has 0 spiro atoms. The number of aryl methyl sites for hydroxylation is 3. The number of nitrogens with zero attached hydrogens (tertiary/aromatic N) is 6. The summed E-state index contributed by atoms with van der Waals surface area (Å²) in [5.74, 6) is 0.426. The standard InChI is InChI=1S/C18H17Cl2N6O2/c1-23-4-3-15-25(6-5-24-11-21-10-22-24)18(28-2)16(17(27)26(15)23)12-7-13(19)9-14(20)8-12/h3-4,7-11H,5-6H2,1-2H3/q+1. The quantitative estimate of drug-likeness (QED) is 0.465. The SMILES string of the molecule is COc1c(-c2cc(Cl)cc(Cl)c2)c(=O)n2c(ccn2C)[n+]1CCn1cncn1. The van der Waals surface area contributed by atoms with Gasteiger partial charge >= 0.3 is 11.2 Å². The van der Waals surface area contributed by atoms with Crippen molar-refractivity contribution in [1.29, 1.82) is 0 Å². The summed E-state index contributed by atoms with van der Waals surface area (Å²) >= 11 is 12.4. The Morgan fingerprint density at radius 3 is 2.61 bits per heavy atom. The highest BCUT2D eigenvalue weighted by atomic mass is 35.5. The van der Waals surface area contributed by atoms with Crippen molar-refractivity contribution in [3.63, 3.8) is 0 Å². The second kappa shape index (κ2) is 7.29. The first-order valence-electron chi connectivity index (χ1n) is 8.46. The van der Waals surface area contributed by atoms with Gasteiger partial charge in [-0.05, 0) is 18.2 Å². The van der Waals surface area contributed by atoms with Crippen LogP contribution in [0.25, 0.3) is 16.8 Å². The Bertz CT molecular complexity index is 1190. The van der Waals surface area contributed by atoms with E-state index in [4.69, 9.17) is 27.9 Å². The Labute approximate surface area is 170 Å². The van der Waals surface area contributed by atoms with Gasteiger partial charge in [-0.2, -0.15) is 9.67 Å². The zero-order chi connectivity index (χ0) is 19.8. The normalized spacial score (nSPS) is 11.3.